The summed E-state index contributed by atoms with van der Waals surface area (Å²) >= 11 is 1.58. The fraction of sp³-hybridized carbons (Fsp3) is 0.909. The van der Waals surface area contributed by atoms with Gasteiger partial charge in [-0.15, -0.1) is 0 Å². The first-order valence-electron chi connectivity index (χ1n) is 5.98. The lowest BCUT2D eigenvalue weighted by molar-refractivity contribution is -0.125. The molecule has 0 radical (unpaired) electrons. The van der Waals surface area contributed by atoms with Gasteiger partial charge in [-0.05, 0) is 13.2 Å². The predicted octanol–water partition coefficient (Wildman–Crippen LogP) is -0.257. The topological polar surface area (TPSA) is 86.7 Å². The van der Waals surface area contributed by atoms with E-state index in [-0.39, 0.29) is 18.4 Å². The highest BCUT2D eigenvalue weighted by atomic mass is 32.2. The first-order chi connectivity index (χ1) is 8.59. The molecule has 0 aromatic rings. The van der Waals surface area contributed by atoms with E-state index in [1.807, 2.05) is 13.2 Å². The van der Waals surface area contributed by atoms with Crippen LogP contribution >= 0.6 is 11.8 Å². The quantitative estimate of drug-likeness (QED) is 0.645. The number of hydrogen-bond donors (Lipinski definition) is 2. The third kappa shape index (κ3) is 7.14. The molecule has 0 aliphatic carbocycles. The van der Waals surface area contributed by atoms with Crippen molar-refractivity contribution < 1.29 is 18.3 Å². The number of aliphatic hydroxyl groups is 1. The van der Waals surface area contributed by atoms with Crippen molar-refractivity contribution >= 4 is 27.7 Å². The number of likely N-dealkylation sites (N-methyl/N-ethyl adjacent to an activating group) is 1. The Morgan fingerprint density at radius 1 is 1.42 bits per heavy atom. The summed E-state index contributed by atoms with van der Waals surface area (Å²) in [6.07, 6.45) is 2.05. The Hall–Kier alpha value is -0.310. The molecule has 0 rings (SSSR count). The molecule has 0 aromatic carbocycles. The molecule has 0 heterocycles. The molecule has 0 aliphatic rings. The molecular formula is C11H24N2O4S2. The molecule has 8 heteroatoms. The van der Waals surface area contributed by atoms with Crippen molar-refractivity contribution in [3.63, 3.8) is 0 Å². The minimum Gasteiger partial charge on any atom is -0.390 e. The molecule has 2 unspecified atom stereocenters. The summed E-state index contributed by atoms with van der Waals surface area (Å²) in [6, 6.07) is -0.499. The van der Waals surface area contributed by atoms with Gasteiger partial charge in [-0.3, -0.25) is 4.79 Å². The highest BCUT2D eigenvalue weighted by Gasteiger charge is 2.23. The molecular weight excluding hydrogens is 288 g/mol. The number of carbonyl (C=O) groups excluding carboxylic acids is 1. The Balaban J connectivity index is 4.35. The first kappa shape index (κ1) is 18.7. The van der Waals surface area contributed by atoms with Crippen LogP contribution in [0.2, 0.25) is 0 Å². The van der Waals surface area contributed by atoms with Crippen LogP contribution in [-0.4, -0.2) is 67.7 Å². The van der Waals surface area contributed by atoms with Gasteiger partial charge in [0.15, 0.2) is 0 Å². The number of carbonyl (C=O) groups is 1. The van der Waals surface area contributed by atoms with Gasteiger partial charge in [-0.2, -0.15) is 11.8 Å². The summed E-state index contributed by atoms with van der Waals surface area (Å²) in [4.78, 5) is 11.8. The van der Waals surface area contributed by atoms with Gasteiger partial charge in [0.25, 0.3) is 0 Å². The average molecular weight is 312 g/mol. The van der Waals surface area contributed by atoms with Crippen molar-refractivity contribution in [3.8, 4) is 0 Å². The van der Waals surface area contributed by atoms with Gasteiger partial charge in [0.1, 0.15) is 0 Å². The number of rotatable bonds is 8. The monoisotopic (exact) mass is 312 g/mol. The normalized spacial score (nSPS) is 17.0. The van der Waals surface area contributed by atoms with Crippen molar-refractivity contribution in [3.05, 3.63) is 0 Å². The van der Waals surface area contributed by atoms with Crippen LogP contribution in [-0.2, 0) is 14.8 Å². The van der Waals surface area contributed by atoms with E-state index in [2.05, 4.69) is 5.32 Å². The van der Waals surface area contributed by atoms with E-state index in [1.165, 1.54) is 7.05 Å². The van der Waals surface area contributed by atoms with E-state index in [9.17, 15) is 18.3 Å². The van der Waals surface area contributed by atoms with E-state index in [0.717, 1.165) is 10.6 Å². The van der Waals surface area contributed by atoms with Gasteiger partial charge in [-0.1, -0.05) is 6.92 Å². The number of aliphatic hydroxyl groups excluding tert-OH is 1. The second kappa shape index (κ2) is 8.08. The third-order valence-electron chi connectivity index (χ3n) is 2.82. The predicted molar refractivity (Wildman–Crippen MR) is 78.6 cm³/mol. The summed E-state index contributed by atoms with van der Waals surface area (Å²) in [5.74, 6) is 0.429. The second-order valence-corrected chi connectivity index (χ2v) is 7.76. The Bertz CT molecular complexity index is 386. The Kier molecular flexibility index (Phi) is 7.95. The lowest BCUT2D eigenvalue weighted by Gasteiger charge is -2.25. The number of nitrogens with one attached hydrogen (secondary N) is 1. The second-order valence-electron chi connectivity index (χ2n) is 4.76. The molecule has 114 valence electrons. The van der Waals surface area contributed by atoms with Crippen LogP contribution in [0.1, 0.15) is 13.8 Å². The van der Waals surface area contributed by atoms with Crippen LogP contribution in [0.4, 0.5) is 0 Å². The van der Waals surface area contributed by atoms with Crippen LogP contribution in [0.5, 0.6) is 0 Å². The van der Waals surface area contributed by atoms with Crippen molar-refractivity contribution in [2.75, 3.05) is 31.9 Å². The summed E-state index contributed by atoms with van der Waals surface area (Å²) in [7, 11) is -1.94. The fourth-order valence-electron chi connectivity index (χ4n) is 1.35. The van der Waals surface area contributed by atoms with Gasteiger partial charge in [0.05, 0.1) is 18.4 Å². The minimum absolute atomic E-state index is 0.0445. The van der Waals surface area contributed by atoms with Crippen LogP contribution in [0.25, 0.3) is 0 Å². The Labute approximate surface area is 120 Å². The molecule has 3 atom stereocenters. The molecule has 0 aromatic heterocycles. The Morgan fingerprint density at radius 3 is 2.37 bits per heavy atom. The zero-order valence-corrected chi connectivity index (χ0v) is 13.7. The van der Waals surface area contributed by atoms with Crippen molar-refractivity contribution in [2.24, 2.45) is 5.92 Å². The lowest BCUT2D eigenvalue weighted by Crippen LogP contribution is -2.48. The molecule has 1 amide bonds. The number of hydrogen-bond acceptors (Lipinski definition) is 5. The molecule has 0 spiro atoms. The van der Waals surface area contributed by atoms with Gasteiger partial charge in [0, 0.05) is 25.3 Å². The van der Waals surface area contributed by atoms with E-state index in [4.69, 9.17) is 0 Å². The van der Waals surface area contributed by atoms with Crippen LogP contribution in [0, 0.1) is 5.92 Å². The van der Waals surface area contributed by atoms with Crippen LogP contribution < -0.4 is 5.32 Å². The summed E-state index contributed by atoms with van der Waals surface area (Å²) in [6.45, 7) is 3.43. The maximum Gasteiger partial charge on any atom is 0.223 e. The summed E-state index contributed by atoms with van der Waals surface area (Å²) in [5, 5.41) is 12.6. The van der Waals surface area contributed by atoms with E-state index in [1.54, 1.807) is 18.7 Å². The molecule has 6 nitrogen and oxygen atoms in total. The molecule has 0 saturated carbocycles. The zero-order chi connectivity index (χ0) is 15.2. The number of sulfonamides is 1. The summed E-state index contributed by atoms with van der Waals surface area (Å²) in [5.41, 5.74) is 0. The van der Waals surface area contributed by atoms with Crippen LogP contribution in [0.3, 0.4) is 0 Å². The molecule has 2 N–H and O–H groups in total. The lowest BCUT2D eigenvalue weighted by atomic mass is 10.1. The smallest absolute Gasteiger partial charge is 0.223 e. The highest BCUT2D eigenvalue weighted by Crippen LogP contribution is 2.06. The number of thioether (sulfide) groups is 1. The van der Waals surface area contributed by atoms with Gasteiger partial charge in [-0.25, -0.2) is 12.7 Å². The number of amides is 1. The standard InChI is InChI=1S/C11H24N2O4S2/c1-8(7-18-4)11(15)12-9(2)10(14)6-13(3)19(5,16)17/h8-10,14H,6-7H2,1-5H3,(H,12,15)/t8-,9?,10?/m1/s1. The van der Waals surface area contributed by atoms with Gasteiger partial charge >= 0.3 is 0 Å². The number of nitrogens with zero attached hydrogens (tertiary/aromatic N) is 1. The van der Waals surface area contributed by atoms with E-state index < -0.39 is 22.2 Å². The van der Waals surface area contributed by atoms with Crippen molar-refractivity contribution in [1.82, 2.24) is 9.62 Å². The van der Waals surface area contributed by atoms with E-state index in [0.29, 0.717) is 5.75 Å². The zero-order valence-electron chi connectivity index (χ0n) is 12.1. The van der Waals surface area contributed by atoms with Crippen molar-refractivity contribution in [1.29, 1.82) is 0 Å². The third-order valence-corrected chi connectivity index (χ3v) is 4.94. The Morgan fingerprint density at radius 2 is 1.95 bits per heavy atom. The van der Waals surface area contributed by atoms with Crippen molar-refractivity contribution in [2.45, 2.75) is 26.0 Å². The van der Waals surface area contributed by atoms with Gasteiger partial charge in [0.2, 0.25) is 15.9 Å². The fourth-order valence-corrected chi connectivity index (χ4v) is 2.42. The minimum atomic E-state index is -3.33. The molecule has 0 bridgehead atoms. The van der Waals surface area contributed by atoms with E-state index >= 15 is 0 Å². The molecule has 0 fully saturated rings. The SMILES string of the molecule is CSC[C@@H](C)C(=O)NC(C)C(O)CN(C)S(C)(=O)=O. The molecule has 19 heavy (non-hydrogen) atoms. The largest absolute Gasteiger partial charge is 0.390 e. The molecule has 0 aliphatic heterocycles. The average Bonchev–Trinajstić information content (AvgIpc) is 2.27. The van der Waals surface area contributed by atoms with Gasteiger partial charge < -0.3 is 10.4 Å². The maximum absolute atomic E-state index is 11.8. The van der Waals surface area contributed by atoms with Crippen LogP contribution in [0.15, 0.2) is 0 Å². The highest BCUT2D eigenvalue weighted by molar-refractivity contribution is 7.98. The summed E-state index contributed by atoms with van der Waals surface area (Å²) < 4.78 is 23.5. The first-order valence-corrected chi connectivity index (χ1v) is 9.22. The molecule has 0 saturated heterocycles. The maximum atomic E-state index is 11.8.